The van der Waals surface area contributed by atoms with Crippen LogP contribution in [0.4, 0.5) is 5.69 Å². The molecule has 0 radical (unpaired) electrons. The Labute approximate surface area is 132 Å². The SMILES string of the molecule is CC(CN1CCOCC1)NCc1ccc(Br)cc1[N+](=O)[O-]. The molecule has 1 aromatic rings. The molecule has 2 rings (SSSR count). The smallest absolute Gasteiger partial charge is 0.275 e. The Hall–Kier alpha value is -1.02. The van der Waals surface area contributed by atoms with Crippen LogP contribution >= 0.6 is 15.9 Å². The van der Waals surface area contributed by atoms with Gasteiger partial charge in [-0.15, -0.1) is 0 Å². The van der Waals surface area contributed by atoms with E-state index in [9.17, 15) is 10.1 Å². The first-order valence-electron chi connectivity index (χ1n) is 7.02. The summed E-state index contributed by atoms with van der Waals surface area (Å²) < 4.78 is 6.04. The van der Waals surface area contributed by atoms with Gasteiger partial charge in [0, 0.05) is 48.3 Å². The molecule has 6 nitrogen and oxygen atoms in total. The van der Waals surface area contributed by atoms with Crippen LogP contribution in [0, 0.1) is 10.1 Å². The van der Waals surface area contributed by atoms with E-state index in [0.717, 1.165) is 37.3 Å². The summed E-state index contributed by atoms with van der Waals surface area (Å²) >= 11 is 3.27. The number of morpholine rings is 1. The van der Waals surface area contributed by atoms with Crippen molar-refractivity contribution in [3.8, 4) is 0 Å². The Morgan fingerprint density at radius 1 is 1.48 bits per heavy atom. The normalized spacial score (nSPS) is 17.6. The summed E-state index contributed by atoms with van der Waals surface area (Å²) in [6, 6.07) is 5.43. The lowest BCUT2D eigenvalue weighted by molar-refractivity contribution is -0.385. The van der Waals surface area contributed by atoms with E-state index in [0.29, 0.717) is 12.1 Å². The van der Waals surface area contributed by atoms with E-state index < -0.39 is 0 Å². The molecule has 1 unspecified atom stereocenters. The van der Waals surface area contributed by atoms with Gasteiger partial charge in [0.25, 0.3) is 5.69 Å². The zero-order valence-corrected chi connectivity index (χ0v) is 13.6. The average molecular weight is 358 g/mol. The van der Waals surface area contributed by atoms with E-state index in [-0.39, 0.29) is 16.7 Å². The molecular formula is C14H20BrN3O3. The second-order valence-corrected chi connectivity index (χ2v) is 6.14. The summed E-state index contributed by atoms with van der Waals surface area (Å²) in [5.74, 6) is 0. The van der Waals surface area contributed by atoms with Crippen LogP contribution in [0.2, 0.25) is 0 Å². The highest BCUT2D eigenvalue weighted by Gasteiger charge is 2.16. The lowest BCUT2D eigenvalue weighted by Gasteiger charge is -2.29. The quantitative estimate of drug-likeness (QED) is 0.624. The maximum Gasteiger partial charge on any atom is 0.275 e. The van der Waals surface area contributed by atoms with E-state index in [1.54, 1.807) is 12.1 Å². The zero-order chi connectivity index (χ0) is 15.2. The van der Waals surface area contributed by atoms with Crippen LogP contribution in [-0.4, -0.2) is 48.7 Å². The summed E-state index contributed by atoms with van der Waals surface area (Å²) in [5.41, 5.74) is 0.854. The fourth-order valence-corrected chi connectivity index (χ4v) is 2.73. The van der Waals surface area contributed by atoms with Crippen molar-refractivity contribution in [3.05, 3.63) is 38.3 Å². The highest BCUT2D eigenvalue weighted by Crippen LogP contribution is 2.23. The number of rotatable bonds is 6. The second kappa shape index (κ2) is 7.84. The molecule has 0 amide bonds. The van der Waals surface area contributed by atoms with Crippen molar-refractivity contribution in [2.75, 3.05) is 32.8 Å². The third-order valence-electron chi connectivity index (χ3n) is 3.52. The molecular weight excluding hydrogens is 338 g/mol. The van der Waals surface area contributed by atoms with Gasteiger partial charge in [-0.05, 0) is 19.1 Å². The van der Waals surface area contributed by atoms with Crippen LogP contribution in [0.15, 0.2) is 22.7 Å². The number of hydrogen-bond acceptors (Lipinski definition) is 5. The van der Waals surface area contributed by atoms with Crippen LogP contribution in [-0.2, 0) is 11.3 Å². The minimum atomic E-state index is -0.339. The molecule has 0 aromatic heterocycles. The van der Waals surface area contributed by atoms with Crippen LogP contribution in [0.3, 0.4) is 0 Å². The largest absolute Gasteiger partial charge is 0.379 e. The molecule has 1 saturated heterocycles. The first-order chi connectivity index (χ1) is 10.1. The number of ether oxygens (including phenoxy) is 1. The molecule has 1 atom stereocenters. The molecule has 0 bridgehead atoms. The van der Waals surface area contributed by atoms with Gasteiger partial charge in [0.05, 0.1) is 18.1 Å². The van der Waals surface area contributed by atoms with Gasteiger partial charge in [0.2, 0.25) is 0 Å². The standard InChI is InChI=1S/C14H20BrN3O3/c1-11(10-17-4-6-21-7-5-17)16-9-12-2-3-13(15)8-14(12)18(19)20/h2-3,8,11,16H,4-7,9-10H2,1H3. The third-order valence-corrected chi connectivity index (χ3v) is 4.01. The van der Waals surface area contributed by atoms with Crippen LogP contribution in [0.5, 0.6) is 0 Å². The molecule has 116 valence electrons. The van der Waals surface area contributed by atoms with E-state index in [4.69, 9.17) is 4.74 Å². The first kappa shape index (κ1) is 16.4. The molecule has 0 spiro atoms. The molecule has 7 heteroatoms. The third kappa shape index (κ3) is 5.03. The van der Waals surface area contributed by atoms with Crippen molar-refractivity contribution in [1.29, 1.82) is 0 Å². The first-order valence-corrected chi connectivity index (χ1v) is 7.82. The van der Waals surface area contributed by atoms with Crippen molar-refractivity contribution in [2.24, 2.45) is 0 Å². The van der Waals surface area contributed by atoms with Crippen molar-refractivity contribution in [2.45, 2.75) is 19.5 Å². The average Bonchev–Trinajstić information content (AvgIpc) is 2.47. The summed E-state index contributed by atoms with van der Waals surface area (Å²) in [4.78, 5) is 13.1. The Balaban J connectivity index is 1.88. The number of hydrogen-bond donors (Lipinski definition) is 1. The van der Waals surface area contributed by atoms with Gasteiger partial charge in [0.15, 0.2) is 0 Å². The molecule has 1 aliphatic rings. The summed E-state index contributed by atoms with van der Waals surface area (Å²) in [6.45, 7) is 6.98. The molecule has 1 aromatic carbocycles. The van der Waals surface area contributed by atoms with E-state index >= 15 is 0 Å². The Bertz CT molecular complexity index is 492. The minimum absolute atomic E-state index is 0.149. The van der Waals surface area contributed by atoms with Gasteiger partial charge >= 0.3 is 0 Å². The van der Waals surface area contributed by atoms with Gasteiger partial charge in [-0.2, -0.15) is 0 Å². The number of nitro benzene ring substituents is 1. The van der Waals surface area contributed by atoms with Gasteiger partial charge in [-0.1, -0.05) is 15.9 Å². The van der Waals surface area contributed by atoms with Crippen LogP contribution in [0.25, 0.3) is 0 Å². The zero-order valence-electron chi connectivity index (χ0n) is 12.0. The highest BCUT2D eigenvalue weighted by atomic mass is 79.9. The topological polar surface area (TPSA) is 67.6 Å². The number of nitrogens with zero attached hydrogens (tertiary/aromatic N) is 2. The lowest BCUT2D eigenvalue weighted by atomic mass is 10.1. The number of nitro groups is 1. The van der Waals surface area contributed by atoms with Crippen molar-refractivity contribution < 1.29 is 9.66 Å². The summed E-state index contributed by atoms with van der Waals surface area (Å²) in [7, 11) is 0. The molecule has 0 aliphatic carbocycles. The highest BCUT2D eigenvalue weighted by molar-refractivity contribution is 9.10. The van der Waals surface area contributed by atoms with Crippen molar-refractivity contribution in [1.82, 2.24) is 10.2 Å². The van der Waals surface area contributed by atoms with Crippen molar-refractivity contribution >= 4 is 21.6 Å². The minimum Gasteiger partial charge on any atom is -0.379 e. The molecule has 1 N–H and O–H groups in total. The van der Waals surface area contributed by atoms with E-state index in [1.165, 1.54) is 0 Å². The molecule has 21 heavy (non-hydrogen) atoms. The lowest BCUT2D eigenvalue weighted by Crippen LogP contribution is -2.44. The van der Waals surface area contributed by atoms with Gasteiger partial charge in [-0.25, -0.2) is 0 Å². The maximum atomic E-state index is 11.1. The Morgan fingerprint density at radius 2 is 2.19 bits per heavy atom. The Kier molecular flexibility index (Phi) is 6.10. The molecule has 1 aliphatic heterocycles. The predicted octanol–water partition coefficient (Wildman–Crippen LogP) is 2.17. The molecule has 1 fully saturated rings. The van der Waals surface area contributed by atoms with E-state index in [1.807, 2.05) is 6.07 Å². The van der Waals surface area contributed by atoms with Crippen molar-refractivity contribution in [3.63, 3.8) is 0 Å². The molecule has 1 heterocycles. The second-order valence-electron chi connectivity index (χ2n) is 5.23. The summed E-state index contributed by atoms with van der Waals surface area (Å²) in [6.07, 6.45) is 0. The van der Waals surface area contributed by atoms with Gasteiger partial charge in [0.1, 0.15) is 0 Å². The van der Waals surface area contributed by atoms with Crippen LogP contribution in [0.1, 0.15) is 12.5 Å². The van der Waals surface area contributed by atoms with E-state index in [2.05, 4.69) is 33.1 Å². The predicted molar refractivity (Wildman–Crippen MR) is 84.4 cm³/mol. The maximum absolute atomic E-state index is 11.1. The monoisotopic (exact) mass is 357 g/mol. The van der Waals surface area contributed by atoms with Gasteiger partial charge in [-0.3, -0.25) is 15.0 Å². The van der Waals surface area contributed by atoms with Gasteiger partial charge < -0.3 is 10.1 Å². The van der Waals surface area contributed by atoms with Crippen LogP contribution < -0.4 is 5.32 Å². The summed E-state index contributed by atoms with van der Waals surface area (Å²) in [5, 5.41) is 14.4. The number of halogens is 1. The number of nitrogens with one attached hydrogen (secondary N) is 1. The Morgan fingerprint density at radius 3 is 2.86 bits per heavy atom. The fraction of sp³-hybridized carbons (Fsp3) is 0.571. The molecule has 0 saturated carbocycles. The fourth-order valence-electron chi connectivity index (χ4n) is 2.38. The number of benzene rings is 1.